The molecule has 1 aromatic carbocycles. The van der Waals surface area contributed by atoms with E-state index in [1.54, 1.807) is 24.4 Å². The largest absolute Gasteiger partial charge is 0.490 e. The second-order valence-corrected chi connectivity index (χ2v) is 10.9. The highest BCUT2D eigenvalue weighted by Gasteiger charge is 2.30. The van der Waals surface area contributed by atoms with E-state index in [2.05, 4.69) is 10.4 Å². The zero-order valence-electron chi connectivity index (χ0n) is 19.2. The third-order valence-corrected chi connectivity index (χ3v) is 8.56. The molecule has 2 aliphatic heterocycles. The molecule has 2 fully saturated rings. The maximum absolute atomic E-state index is 13.2. The summed E-state index contributed by atoms with van der Waals surface area (Å²) in [7, 11) is -3.66. The zero-order valence-corrected chi connectivity index (χ0v) is 20.0. The van der Waals surface area contributed by atoms with Crippen molar-refractivity contribution >= 4 is 21.7 Å². The number of hydrogen-bond acceptors (Lipinski definition) is 7. The number of rotatable bonds is 6. The molecule has 2 aromatic rings. The third-order valence-electron chi connectivity index (χ3n) is 6.66. The molecule has 1 N–H and O–H groups in total. The molecule has 1 saturated carbocycles. The van der Waals surface area contributed by atoms with Gasteiger partial charge in [-0.3, -0.25) is 9.69 Å². The number of piperazine rings is 1. The van der Waals surface area contributed by atoms with Crippen LogP contribution in [0.15, 0.2) is 35.4 Å². The average Bonchev–Trinajstić information content (AvgIpc) is 3.46. The highest BCUT2D eigenvalue weighted by Crippen LogP contribution is 2.33. The fraction of sp³-hybridized carbons (Fsp3) is 0.565. The number of ether oxygens (including phenoxy) is 2. The molecule has 0 radical (unpaired) electrons. The summed E-state index contributed by atoms with van der Waals surface area (Å²) in [5, 5.41) is 7.37. The van der Waals surface area contributed by atoms with Gasteiger partial charge in [-0.15, -0.1) is 0 Å². The Hall–Kier alpha value is -2.63. The Balaban J connectivity index is 1.16. The molecule has 3 aliphatic rings. The lowest BCUT2D eigenvalue weighted by Crippen LogP contribution is -2.50. The standard InChI is InChI=1S/C23H31N5O5S/c29-23(25-22-8-9-24-28(22)18-4-1-2-5-18)17-26-10-12-27(13-11-26)34(30,31)19-6-7-20-21(16-19)33-15-3-14-32-20/h6-9,16,18H,1-5,10-15,17H2,(H,25,29). The van der Waals surface area contributed by atoms with Crippen molar-refractivity contribution in [2.75, 3.05) is 51.3 Å². The monoisotopic (exact) mass is 489 g/mol. The summed E-state index contributed by atoms with van der Waals surface area (Å²) in [5.74, 6) is 1.65. The number of carbonyl (C=O) groups excluding carboxylic acids is 1. The molecular formula is C23H31N5O5S. The van der Waals surface area contributed by atoms with Gasteiger partial charge in [0.2, 0.25) is 15.9 Å². The van der Waals surface area contributed by atoms with Gasteiger partial charge in [0.05, 0.1) is 36.9 Å². The second-order valence-electron chi connectivity index (χ2n) is 8.99. The van der Waals surface area contributed by atoms with Crippen LogP contribution < -0.4 is 14.8 Å². The minimum absolute atomic E-state index is 0.112. The molecule has 0 bridgehead atoms. The smallest absolute Gasteiger partial charge is 0.243 e. The Bertz CT molecular complexity index is 1120. The number of fused-ring (bicyclic) bond motifs is 1. The first kappa shape index (κ1) is 23.1. The van der Waals surface area contributed by atoms with Crippen LogP contribution in [0.3, 0.4) is 0 Å². The van der Waals surface area contributed by atoms with Crippen LogP contribution in [0.2, 0.25) is 0 Å². The molecule has 0 spiro atoms. The summed E-state index contributed by atoms with van der Waals surface area (Å²) < 4.78 is 41.0. The van der Waals surface area contributed by atoms with Crippen molar-refractivity contribution in [2.45, 2.75) is 43.0 Å². The van der Waals surface area contributed by atoms with Crippen molar-refractivity contribution in [2.24, 2.45) is 0 Å². The molecule has 1 amide bonds. The molecule has 5 rings (SSSR count). The Labute approximate surface area is 199 Å². The van der Waals surface area contributed by atoms with Crippen LogP contribution in [0.4, 0.5) is 5.82 Å². The fourth-order valence-electron chi connectivity index (χ4n) is 4.82. The predicted octanol–water partition coefficient (Wildman–Crippen LogP) is 2.10. The van der Waals surface area contributed by atoms with Crippen LogP contribution in [-0.2, 0) is 14.8 Å². The van der Waals surface area contributed by atoms with Gasteiger partial charge in [0.15, 0.2) is 11.5 Å². The van der Waals surface area contributed by atoms with Crippen molar-refractivity contribution in [3.05, 3.63) is 30.5 Å². The lowest BCUT2D eigenvalue weighted by Gasteiger charge is -2.33. The van der Waals surface area contributed by atoms with Crippen LogP contribution in [0.25, 0.3) is 0 Å². The van der Waals surface area contributed by atoms with Crippen molar-refractivity contribution in [1.82, 2.24) is 19.0 Å². The van der Waals surface area contributed by atoms with Gasteiger partial charge in [-0.25, -0.2) is 13.1 Å². The van der Waals surface area contributed by atoms with Crippen LogP contribution in [0, 0.1) is 0 Å². The third kappa shape index (κ3) is 4.91. The first-order chi connectivity index (χ1) is 16.5. The van der Waals surface area contributed by atoms with E-state index in [-0.39, 0.29) is 17.3 Å². The van der Waals surface area contributed by atoms with E-state index >= 15 is 0 Å². The Morgan fingerprint density at radius 1 is 1.00 bits per heavy atom. The summed E-state index contributed by atoms with van der Waals surface area (Å²) >= 11 is 0. The number of hydrogen-bond donors (Lipinski definition) is 1. The molecule has 1 aliphatic carbocycles. The number of carbonyl (C=O) groups is 1. The maximum atomic E-state index is 13.2. The van der Waals surface area contributed by atoms with Gasteiger partial charge in [-0.05, 0) is 25.0 Å². The molecule has 0 atom stereocenters. The van der Waals surface area contributed by atoms with E-state index in [9.17, 15) is 13.2 Å². The number of benzene rings is 1. The first-order valence-electron chi connectivity index (χ1n) is 12.0. The van der Waals surface area contributed by atoms with Crippen molar-refractivity contribution in [3.63, 3.8) is 0 Å². The number of nitrogens with zero attached hydrogens (tertiary/aromatic N) is 4. The Morgan fingerprint density at radius 3 is 2.50 bits per heavy atom. The second kappa shape index (κ2) is 9.93. The summed E-state index contributed by atoms with van der Waals surface area (Å²) in [6.07, 6.45) is 7.04. The van der Waals surface area contributed by atoms with Gasteiger partial charge in [0, 0.05) is 44.7 Å². The molecular weight excluding hydrogens is 458 g/mol. The van der Waals surface area contributed by atoms with Crippen LogP contribution in [-0.4, -0.2) is 79.2 Å². The zero-order chi connectivity index (χ0) is 23.5. The summed E-state index contributed by atoms with van der Waals surface area (Å²) in [6, 6.07) is 6.95. The quantitative estimate of drug-likeness (QED) is 0.662. The van der Waals surface area contributed by atoms with E-state index in [0.29, 0.717) is 56.9 Å². The number of sulfonamides is 1. The van der Waals surface area contributed by atoms with E-state index < -0.39 is 10.0 Å². The summed E-state index contributed by atoms with van der Waals surface area (Å²) in [4.78, 5) is 14.8. The molecule has 34 heavy (non-hydrogen) atoms. The Morgan fingerprint density at radius 2 is 1.74 bits per heavy atom. The molecule has 3 heterocycles. The van der Waals surface area contributed by atoms with Gasteiger partial charge >= 0.3 is 0 Å². The first-order valence-corrected chi connectivity index (χ1v) is 13.4. The predicted molar refractivity (Wildman–Crippen MR) is 126 cm³/mol. The van der Waals surface area contributed by atoms with Gasteiger partial charge in [0.1, 0.15) is 5.82 Å². The number of aromatic nitrogens is 2. The van der Waals surface area contributed by atoms with Crippen LogP contribution in [0.5, 0.6) is 11.5 Å². The molecule has 0 unspecified atom stereocenters. The van der Waals surface area contributed by atoms with E-state index in [1.807, 2.05) is 15.6 Å². The summed E-state index contributed by atoms with van der Waals surface area (Å²) in [6.45, 7) is 2.89. The highest BCUT2D eigenvalue weighted by molar-refractivity contribution is 7.89. The van der Waals surface area contributed by atoms with Gasteiger partial charge in [-0.2, -0.15) is 9.40 Å². The minimum Gasteiger partial charge on any atom is -0.490 e. The van der Waals surface area contributed by atoms with Crippen molar-refractivity contribution < 1.29 is 22.7 Å². The summed E-state index contributed by atoms with van der Waals surface area (Å²) in [5.41, 5.74) is 0. The van der Waals surface area contributed by atoms with Crippen LogP contribution >= 0.6 is 0 Å². The van der Waals surface area contributed by atoms with Gasteiger partial charge in [-0.1, -0.05) is 12.8 Å². The molecule has 11 heteroatoms. The number of nitrogens with one attached hydrogen (secondary N) is 1. The fourth-order valence-corrected chi connectivity index (χ4v) is 6.26. The normalized spacial score (nSPS) is 20.2. The molecule has 1 saturated heterocycles. The topological polar surface area (TPSA) is 106 Å². The van der Waals surface area contributed by atoms with Crippen LogP contribution in [0.1, 0.15) is 38.1 Å². The SMILES string of the molecule is O=C(CN1CCN(S(=O)(=O)c2ccc3c(c2)OCCCO3)CC1)Nc1ccnn1C1CCCC1. The average molecular weight is 490 g/mol. The lowest BCUT2D eigenvalue weighted by molar-refractivity contribution is -0.117. The van der Waals surface area contributed by atoms with Gasteiger partial charge < -0.3 is 14.8 Å². The molecule has 184 valence electrons. The number of amides is 1. The molecule has 1 aromatic heterocycles. The van der Waals surface area contributed by atoms with Gasteiger partial charge in [0.25, 0.3) is 0 Å². The van der Waals surface area contributed by atoms with Crippen molar-refractivity contribution in [1.29, 1.82) is 0 Å². The van der Waals surface area contributed by atoms with Crippen molar-refractivity contribution in [3.8, 4) is 11.5 Å². The van der Waals surface area contributed by atoms with E-state index in [0.717, 1.165) is 25.1 Å². The van der Waals surface area contributed by atoms with E-state index in [4.69, 9.17) is 9.47 Å². The minimum atomic E-state index is -3.66. The van der Waals surface area contributed by atoms with E-state index in [1.165, 1.54) is 17.1 Å². The highest BCUT2D eigenvalue weighted by atomic mass is 32.2. The molecule has 10 nitrogen and oxygen atoms in total. The Kier molecular flexibility index (Phi) is 6.75. The number of anilines is 1. The lowest BCUT2D eigenvalue weighted by atomic mass is 10.2. The maximum Gasteiger partial charge on any atom is 0.243 e.